The Morgan fingerprint density at radius 3 is 1.62 bits per heavy atom. The van der Waals surface area contributed by atoms with Gasteiger partial charge in [-0.2, -0.15) is 0 Å². The fraction of sp³-hybridized carbons (Fsp3) is 0.111. The van der Waals surface area contributed by atoms with Crippen LogP contribution in [-0.2, 0) is 13.1 Å². The molecule has 0 spiro atoms. The van der Waals surface area contributed by atoms with Crippen molar-refractivity contribution >= 4 is 43.7 Å². The van der Waals surface area contributed by atoms with Gasteiger partial charge in [0.05, 0.1) is 0 Å². The SMILES string of the molecule is O=C(NCc1cccc(CNC(=O)c2ccc(Br)o2)c1)c1ccc(Br)o1. The molecule has 0 radical (unpaired) electrons. The minimum Gasteiger partial charge on any atom is -0.444 e. The highest BCUT2D eigenvalue weighted by Gasteiger charge is 2.11. The van der Waals surface area contributed by atoms with Gasteiger partial charge in [0.1, 0.15) is 0 Å². The Labute approximate surface area is 166 Å². The second kappa shape index (κ2) is 8.37. The first-order valence-corrected chi connectivity index (χ1v) is 9.25. The molecular formula is C18H14Br2N2O4. The number of furan rings is 2. The highest BCUT2D eigenvalue weighted by Crippen LogP contribution is 2.15. The summed E-state index contributed by atoms with van der Waals surface area (Å²) >= 11 is 6.33. The van der Waals surface area contributed by atoms with Crippen molar-refractivity contribution in [2.75, 3.05) is 0 Å². The average molecular weight is 482 g/mol. The van der Waals surface area contributed by atoms with Crippen LogP contribution in [0.1, 0.15) is 32.2 Å². The number of hydrogen-bond acceptors (Lipinski definition) is 4. The van der Waals surface area contributed by atoms with E-state index in [0.29, 0.717) is 22.4 Å². The highest BCUT2D eigenvalue weighted by molar-refractivity contribution is 9.10. The second-order valence-electron chi connectivity index (χ2n) is 5.39. The maximum Gasteiger partial charge on any atom is 0.287 e. The molecule has 134 valence electrons. The van der Waals surface area contributed by atoms with Gasteiger partial charge >= 0.3 is 0 Å². The van der Waals surface area contributed by atoms with Crippen molar-refractivity contribution < 1.29 is 18.4 Å². The van der Waals surface area contributed by atoms with Crippen molar-refractivity contribution in [3.8, 4) is 0 Å². The summed E-state index contributed by atoms with van der Waals surface area (Å²) in [6, 6.07) is 14.1. The number of nitrogens with one attached hydrogen (secondary N) is 2. The Balaban J connectivity index is 1.54. The largest absolute Gasteiger partial charge is 0.444 e. The van der Waals surface area contributed by atoms with E-state index in [1.54, 1.807) is 24.3 Å². The van der Waals surface area contributed by atoms with E-state index in [1.807, 2.05) is 24.3 Å². The third kappa shape index (κ3) is 4.86. The predicted molar refractivity (Wildman–Crippen MR) is 102 cm³/mol. The van der Waals surface area contributed by atoms with Crippen LogP contribution in [0.2, 0.25) is 0 Å². The number of benzene rings is 1. The van der Waals surface area contributed by atoms with E-state index >= 15 is 0 Å². The molecule has 0 saturated heterocycles. The summed E-state index contributed by atoms with van der Waals surface area (Å²) in [5, 5.41) is 5.58. The molecule has 2 N–H and O–H groups in total. The number of carbonyl (C=O) groups is 2. The molecule has 0 aliphatic heterocycles. The first-order chi connectivity index (χ1) is 12.5. The summed E-state index contributed by atoms with van der Waals surface area (Å²) in [5.41, 5.74) is 1.83. The Bertz CT molecular complexity index is 861. The van der Waals surface area contributed by atoms with Crippen LogP contribution in [0.3, 0.4) is 0 Å². The Morgan fingerprint density at radius 2 is 1.23 bits per heavy atom. The zero-order chi connectivity index (χ0) is 18.5. The smallest absolute Gasteiger partial charge is 0.287 e. The van der Waals surface area contributed by atoms with Crippen LogP contribution in [-0.4, -0.2) is 11.8 Å². The first kappa shape index (κ1) is 18.5. The third-order valence-corrected chi connectivity index (χ3v) is 4.34. The van der Waals surface area contributed by atoms with Crippen molar-refractivity contribution in [1.82, 2.24) is 10.6 Å². The van der Waals surface area contributed by atoms with Gasteiger partial charge in [0.2, 0.25) is 0 Å². The molecular weight excluding hydrogens is 468 g/mol. The quantitative estimate of drug-likeness (QED) is 0.551. The van der Waals surface area contributed by atoms with Crippen molar-refractivity contribution in [3.05, 3.63) is 80.5 Å². The number of halogens is 2. The van der Waals surface area contributed by atoms with E-state index < -0.39 is 0 Å². The fourth-order valence-electron chi connectivity index (χ4n) is 2.26. The summed E-state index contributed by atoms with van der Waals surface area (Å²) in [4.78, 5) is 24.0. The van der Waals surface area contributed by atoms with Gasteiger partial charge in [-0.3, -0.25) is 9.59 Å². The lowest BCUT2D eigenvalue weighted by Gasteiger charge is -2.07. The molecule has 3 aromatic rings. The van der Waals surface area contributed by atoms with Crippen molar-refractivity contribution in [1.29, 1.82) is 0 Å². The summed E-state index contributed by atoms with van der Waals surface area (Å²) < 4.78 is 11.4. The van der Waals surface area contributed by atoms with Gasteiger partial charge < -0.3 is 19.5 Å². The average Bonchev–Trinajstić information content (AvgIpc) is 3.26. The zero-order valence-electron chi connectivity index (χ0n) is 13.4. The Morgan fingerprint density at radius 1 is 0.769 bits per heavy atom. The number of hydrogen-bond donors (Lipinski definition) is 2. The molecule has 3 rings (SSSR count). The Kier molecular flexibility index (Phi) is 5.95. The van der Waals surface area contributed by atoms with E-state index in [1.165, 1.54) is 0 Å². The molecule has 2 heterocycles. The van der Waals surface area contributed by atoms with Crippen LogP contribution in [0.4, 0.5) is 0 Å². The molecule has 0 atom stereocenters. The van der Waals surface area contributed by atoms with Gasteiger partial charge in [-0.1, -0.05) is 24.3 Å². The molecule has 2 aromatic heterocycles. The van der Waals surface area contributed by atoms with Gasteiger partial charge in [0.25, 0.3) is 11.8 Å². The normalized spacial score (nSPS) is 10.5. The molecule has 0 aliphatic carbocycles. The number of amides is 2. The number of carbonyl (C=O) groups excluding carboxylic acids is 2. The molecule has 0 unspecified atom stereocenters. The molecule has 8 heteroatoms. The predicted octanol–water partition coefficient (Wildman–Crippen LogP) is 4.26. The van der Waals surface area contributed by atoms with E-state index in [9.17, 15) is 9.59 Å². The maximum atomic E-state index is 12.0. The van der Waals surface area contributed by atoms with Crippen LogP contribution in [0.25, 0.3) is 0 Å². The zero-order valence-corrected chi connectivity index (χ0v) is 16.6. The lowest BCUT2D eigenvalue weighted by Crippen LogP contribution is -2.23. The topological polar surface area (TPSA) is 84.5 Å². The summed E-state index contributed by atoms with van der Waals surface area (Å²) in [7, 11) is 0. The van der Waals surface area contributed by atoms with Crippen LogP contribution in [0, 0.1) is 0 Å². The summed E-state index contributed by atoms with van der Waals surface area (Å²) in [6.07, 6.45) is 0. The fourth-order valence-corrected chi connectivity index (χ4v) is 2.87. The van der Waals surface area contributed by atoms with Gasteiger partial charge in [-0.25, -0.2) is 0 Å². The van der Waals surface area contributed by atoms with Gasteiger partial charge in [-0.05, 0) is 67.3 Å². The molecule has 0 saturated carbocycles. The Hall–Kier alpha value is -2.32. The van der Waals surface area contributed by atoms with Crippen molar-refractivity contribution in [2.45, 2.75) is 13.1 Å². The third-order valence-electron chi connectivity index (χ3n) is 3.49. The molecule has 6 nitrogen and oxygen atoms in total. The second-order valence-corrected chi connectivity index (χ2v) is 6.96. The first-order valence-electron chi connectivity index (χ1n) is 7.66. The van der Waals surface area contributed by atoms with Crippen molar-refractivity contribution in [2.24, 2.45) is 0 Å². The molecule has 26 heavy (non-hydrogen) atoms. The van der Waals surface area contributed by atoms with Crippen molar-refractivity contribution in [3.63, 3.8) is 0 Å². The van der Waals surface area contributed by atoms with Crippen LogP contribution in [0.15, 0.2) is 66.7 Å². The molecule has 1 aromatic carbocycles. The van der Waals surface area contributed by atoms with Crippen LogP contribution < -0.4 is 10.6 Å². The minimum atomic E-state index is -0.294. The lowest BCUT2D eigenvalue weighted by atomic mass is 10.1. The van der Waals surface area contributed by atoms with Gasteiger partial charge in [-0.15, -0.1) is 0 Å². The summed E-state index contributed by atoms with van der Waals surface area (Å²) in [6.45, 7) is 0.703. The van der Waals surface area contributed by atoms with Gasteiger partial charge in [0, 0.05) is 13.1 Å². The molecule has 0 aliphatic rings. The van der Waals surface area contributed by atoms with Crippen LogP contribution >= 0.6 is 31.9 Å². The van der Waals surface area contributed by atoms with Gasteiger partial charge in [0.15, 0.2) is 20.9 Å². The number of rotatable bonds is 6. The monoisotopic (exact) mass is 480 g/mol. The molecule has 0 fully saturated rings. The molecule has 2 amide bonds. The minimum absolute atomic E-state index is 0.241. The van der Waals surface area contributed by atoms with E-state index in [-0.39, 0.29) is 23.3 Å². The lowest BCUT2D eigenvalue weighted by molar-refractivity contribution is 0.0915. The summed E-state index contributed by atoms with van der Waals surface area (Å²) in [5.74, 6) is -0.106. The van der Waals surface area contributed by atoms with E-state index in [0.717, 1.165) is 11.1 Å². The van der Waals surface area contributed by atoms with Crippen LogP contribution in [0.5, 0.6) is 0 Å². The molecule has 0 bridgehead atoms. The van der Waals surface area contributed by atoms with E-state index in [2.05, 4.69) is 42.5 Å². The van der Waals surface area contributed by atoms with E-state index in [4.69, 9.17) is 8.83 Å². The standard InChI is InChI=1S/C18H14Br2N2O4/c19-15-6-4-13(25-15)17(23)21-9-11-2-1-3-12(8-11)10-22-18(24)14-5-7-16(20)26-14/h1-8H,9-10H2,(H,21,23)(H,22,24). The highest BCUT2D eigenvalue weighted by atomic mass is 79.9. The maximum absolute atomic E-state index is 12.0.